The Hall–Kier alpha value is -1.41. The van der Waals surface area contributed by atoms with Gasteiger partial charge in [-0.05, 0) is 42.8 Å². The van der Waals surface area contributed by atoms with Crippen molar-refractivity contribution in [2.24, 2.45) is 5.14 Å². The first-order valence-corrected chi connectivity index (χ1v) is 9.68. The molecule has 8 heteroatoms. The summed E-state index contributed by atoms with van der Waals surface area (Å²) in [6.07, 6.45) is 0. The second-order valence-electron chi connectivity index (χ2n) is 5.33. The van der Waals surface area contributed by atoms with Gasteiger partial charge in [0, 0.05) is 11.5 Å². The maximum absolute atomic E-state index is 12.7. The number of amides is 1. The van der Waals surface area contributed by atoms with Crippen molar-refractivity contribution in [1.29, 1.82) is 0 Å². The lowest BCUT2D eigenvalue weighted by Gasteiger charge is -2.26. The van der Waals surface area contributed by atoms with E-state index in [4.69, 9.17) is 16.7 Å². The number of nitrogens with two attached hydrogens (primary N) is 1. The molecule has 0 aromatic heterocycles. The summed E-state index contributed by atoms with van der Waals surface area (Å²) in [5.41, 5.74) is 1.02. The molecule has 0 saturated heterocycles. The van der Waals surface area contributed by atoms with Crippen LogP contribution in [0.2, 0.25) is 5.02 Å². The zero-order valence-electron chi connectivity index (χ0n) is 13.0. The number of nitrogens with zero attached hydrogens (tertiary/aromatic N) is 1. The van der Waals surface area contributed by atoms with Crippen LogP contribution >= 0.6 is 27.5 Å². The van der Waals surface area contributed by atoms with Gasteiger partial charge < -0.3 is 4.90 Å². The van der Waals surface area contributed by atoms with E-state index in [2.05, 4.69) is 15.9 Å². The Kier molecular flexibility index (Phi) is 5.70. The van der Waals surface area contributed by atoms with Crippen LogP contribution in [0.25, 0.3) is 0 Å². The number of primary sulfonamides is 1. The predicted molar refractivity (Wildman–Crippen MR) is 97.5 cm³/mol. The molecule has 2 N–H and O–H groups in total. The van der Waals surface area contributed by atoms with Gasteiger partial charge in [-0.25, -0.2) is 13.6 Å². The molecule has 0 aliphatic carbocycles. The minimum absolute atomic E-state index is 0.00758. The normalized spacial score (nSPS) is 12.7. The number of carbonyl (C=O) groups excluding carboxylic acids is 1. The van der Waals surface area contributed by atoms with Crippen LogP contribution in [-0.2, 0) is 10.0 Å². The van der Waals surface area contributed by atoms with Gasteiger partial charge in [-0.15, -0.1) is 0 Å². The average Bonchev–Trinajstić information content (AvgIpc) is 2.54. The summed E-state index contributed by atoms with van der Waals surface area (Å²) in [5.74, 6) is -0.269. The average molecular weight is 432 g/mol. The molecule has 0 bridgehead atoms. The Labute approximate surface area is 154 Å². The van der Waals surface area contributed by atoms with Crippen molar-refractivity contribution in [3.05, 3.63) is 63.1 Å². The lowest BCUT2D eigenvalue weighted by Crippen LogP contribution is -2.30. The summed E-state index contributed by atoms with van der Waals surface area (Å²) < 4.78 is 23.7. The number of benzene rings is 2. The Morgan fingerprint density at radius 2 is 1.92 bits per heavy atom. The largest absolute Gasteiger partial charge is 0.335 e. The summed E-state index contributed by atoms with van der Waals surface area (Å²) in [6.45, 7) is 1.80. The summed E-state index contributed by atoms with van der Waals surface area (Å²) in [6, 6.07) is 10.9. The molecule has 0 aliphatic heterocycles. The van der Waals surface area contributed by atoms with Crippen LogP contribution in [0.4, 0.5) is 0 Å². The molecule has 0 saturated carbocycles. The van der Waals surface area contributed by atoms with Crippen molar-refractivity contribution in [2.45, 2.75) is 17.9 Å². The van der Waals surface area contributed by atoms with Gasteiger partial charge >= 0.3 is 0 Å². The highest BCUT2D eigenvalue weighted by molar-refractivity contribution is 9.10. The van der Waals surface area contributed by atoms with E-state index in [0.29, 0.717) is 16.1 Å². The van der Waals surface area contributed by atoms with Gasteiger partial charge in [0.2, 0.25) is 10.0 Å². The highest BCUT2D eigenvalue weighted by Crippen LogP contribution is 2.27. The number of sulfonamides is 1. The quantitative estimate of drug-likeness (QED) is 0.803. The van der Waals surface area contributed by atoms with Gasteiger partial charge in [0.05, 0.1) is 21.5 Å². The molecule has 0 radical (unpaired) electrons. The van der Waals surface area contributed by atoms with E-state index in [1.807, 2.05) is 0 Å². The third-order valence-electron chi connectivity index (χ3n) is 3.73. The Bertz CT molecular complexity index is 887. The van der Waals surface area contributed by atoms with E-state index < -0.39 is 10.0 Å². The van der Waals surface area contributed by atoms with Gasteiger partial charge in [0.1, 0.15) is 0 Å². The first-order chi connectivity index (χ1) is 11.1. The minimum Gasteiger partial charge on any atom is -0.335 e. The topological polar surface area (TPSA) is 80.5 Å². The summed E-state index contributed by atoms with van der Waals surface area (Å²) in [4.78, 5) is 14.2. The lowest BCUT2D eigenvalue weighted by molar-refractivity contribution is 0.0742. The fraction of sp³-hybridized carbons (Fsp3) is 0.188. The van der Waals surface area contributed by atoms with E-state index in [1.54, 1.807) is 44.3 Å². The van der Waals surface area contributed by atoms with E-state index in [9.17, 15) is 13.2 Å². The van der Waals surface area contributed by atoms with Gasteiger partial charge in [-0.3, -0.25) is 4.79 Å². The van der Waals surface area contributed by atoms with Crippen molar-refractivity contribution in [1.82, 2.24) is 4.90 Å². The number of carbonyl (C=O) groups is 1. The third-order valence-corrected chi connectivity index (χ3v) is 5.46. The second-order valence-corrected chi connectivity index (χ2v) is 8.22. The molecular formula is C16H16BrClN2O3S. The second kappa shape index (κ2) is 7.23. The highest BCUT2D eigenvalue weighted by Gasteiger charge is 2.22. The monoisotopic (exact) mass is 430 g/mol. The molecule has 24 heavy (non-hydrogen) atoms. The molecule has 1 unspecified atom stereocenters. The van der Waals surface area contributed by atoms with Gasteiger partial charge in [-0.1, -0.05) is 39.7 Å². The van der Waals surface area contributed by atoms with Crippen LogP contribution in [0.15, 0.2) is 51.8 Å². The zero-order valence-corrected chi connectivity index (χ0v) is 16.2. The molecule has 0 spiro atoms. The fourth-order valence-corrected chi connectivity index (χ4v) is 3.33. The van der Waals surface area contributed by atoms with Crippen LogP contribution in [0, 0.1) is 0 Å². The van der Waals surface area contributed by atoms with Crippen LogP contribution in [-0.4, -0.2) is 26.3 Å². The molecule has 2 aromatic carbocycles. The minimum atomic E-state index is -3.80. The summed E-state index contributed by atoms with van der Waals surface area (Å²) in [7, 11) is -2.17. The molecule has 5 nitrogen and oxygen atoms in total. The zero-order chi connectivity index (χ0) is 18.1. The standard InChI is InChI=1S/C16H16BrClN2O3S/c1-10(11-4-3-5-13(8-11)24(19,22)23)20(2)16(21)14-9-12(17)6-7-15(14)18/h3-10H,1-2H3,(H2,19,22,23). The van der Waals surface area contributed by atoms with Crippen LogP contribution in [0.3, 0.4) is 0 Å². The van der Waals surface area contributed by atoms with Crippen LogP contribution in [0.1, 0.15) is 28.9 Å². The smallest absolute Gasteiger partial charge is 0.255 e. The number of halogens is 2. The molecular weight excluding hydrogens is 416 g/mol. The summed E-state index contributed by atoms with van der Waals surface area (Å²) >= 11 is 9.42. The first kappa shape index (κ1) is 18.9. The molecule has 2 rings (SSSR count). The molecule has 0 heterocycles. The van der Waals surface area contributed by atoms with Crippen molar-refractivity contribution in [2.75, 3.05) is 7.05 Å². The van der Waals surface area contributed by atoms with E-state index in [0.717, 1.165) is 4.47 Å². The SMILES string of the molecule is CC(c1cccc(S(N)(=O)=O)c1)N(C)C(=O)c1cc(Br)ccc1Cl. The van der Waals surface area contributed by atoms with E-state index in [-0.39, 0.29) is 16.8 Å². The molecule has 0 fully saturated rings. The predicted octanol–water partition coefficient (Wildman–Crippen LogP) is 3.58. The molecule has 2 aromatic rings. The van der Waals surface area contributed by atoms with Crippen molar-refractivity contribution < 1.29 is 13.2 Å². The van der Waals surface area contributed by atoms with E-state index >= 15 is 0 Å². The van der Waals surface area contributed by atoms with Crippen molar-refractivity contribution in [3.63, 3.8) is 0 Å². The number of hydrogen-bond acceptors (Lipinski definition) is 3. The summed E-state index contributed by atoms with van der Waals surface area (Å²) in [5, 5.41) is 5.51. The van der Waals surface area contributed by atoms with Gasteiger partial charge in [0.25, 0.3) is 5.91 Å². The Morgan fingerprint density at radius 3 is 2.54 bits per heavy atom. The number of hydrogen-bond donors (Lipinski definition) is 1. The van der Waals surface area contributed by atoms with Gasteiger partial charge in [-0.2, -0.15) is 0 Å². The Balaban J connectivity index is 2.34. The van der Waals surface area contributed by atoms with Crippen LogP contribution in [0.5, 0.6) is 0 Å². The van der Waals surface area contributed by atoms with Gasteiger partial charge in [0.15, 0.2) is 0 Å². The Morgan fingerprint density at radius 1 is 1.25 bits per heavy atom. The maximum Gasteiger partial charge on any atom is 0.255 e. The molecule has 0 aliphatic rings. The highest BCUT2D eigenvalue weighted by atomic mass is 79.9. The van der Waals surface area contributed by atoms with Crippen LogP contribution < -0.4 is 5.14 Å². The fourth-order valence-electron chi connectivity index (χ4n) is 2.20. The maximum atomic E-state index is 12.7. The first-order valence-electron chi connectivity index (χ1n) is 6.96. The van der Waals surface area contributed by atoms with E-state index in [1.165, 1.54) is 17.0 Å². The van der Waals surface area contributed by atoms with Crippen molar-refractivity contribution >= 4 is 43.5 Å². The van der Waals surface area contributed by atoms with Crippen molar-refractivity contribution in [3.8, 4) is 0 Å². The number of rotatable bonds is 4. The molecule has 1 atom stereocenters. The molecule has 128 valence electrons. The molecule has 1 amide bonds. The lowest BCUT2D eigenvalue weighted by atomic mass is 10.1. The third kappa shape index (κ3) is 4.16.